The molecule has 102 valence electrons. The molecule has 2 fully saturated rings. The third kappa shape index (κ3) is 3.12. The Kier molecular flexibility index (Phi) is 4.80. The molecule has 0 aromatic carbocycles. The van der Waals surface area contributed by atoms with Gasteiger partial charge in [-0.2, -0.15) is 0 Å². The SMILES string of the molecule is C/C=C/CB1C2CCCC(CCC2)C1[Si](C)(C)C. The number of hydrogen-bond acceptors (Lipinski definition) is 0. The summed E-state index contributed by atoms with van der Waals surface area (Å²) in [6.45, 7) is 11.1. The van der Waals surface area contributed by atoms with Gasteiger partial charge in [0.2, 0.25) is 0 Å². The van der Waals surface area contributed by atoms with Crippen LogP contribution in [0.15, 0.2) is 12.2 Å². The molecule has 0 aromatic heterocycles. The van der Waals surface area contributed by atoms with Gasteiger partial charge in [-0.1, -0.05) is 87.9 Å². The molecule has 1 atom stereocenters. The highest BCUT2D eigenvalue weighted by Crippen LogP contribution is 2.51. The molecule has 0 spiro atoms. The van der Waals surface area contributed by atoms with Crippen LogP contribution in [0.3, 0.4) is 0 Å². The minimum atomic E-state index is -1.02. The first-order valence-electron chi connectivity index (χ1n) is 8.15. The summed E-state index contributed by atoms with van der Waals surface area (Å²) in [6, 6.07) is 0. The molecule has 0 nitrogen and oxygen atoms in total. The Balaban J connectivity index is 2.28. The van der Waals surface area contributed by atoms with E-state index in [2.05, 4.69) is 38.7 Å². The van der Waals surface area contributed by atoms with Gasteiger partial charge in [-0.25, -0.2) is 0 Å². The number of rotatable bonds is 3. The monoisotopic (exact) mass is 262 g/mol. The van der Waals surface area contributed by atoms with Gasteiger partial charge in [-0.05, 0) is 12.8 Å². The minimum Gasteiger partial charge on any atom is -0.0960 e. The molecule has 2 rings (SSSR count). The third-order valence-electron chi connectivity index (χ3n) is 5.52. The Labute approximate surface area is 116 Å². The van der Waals surface area contributed by atoms with Gasteiger partial charge in [-0.3, -0.25) is 0 Å². The Morgan fingerprint density at radius 3 is 2.17 bits per heavy atom. The van der Waals surface area contributed by atoms with Gasteiger partial charge in [0.1, 0.15) is 6.71 Å². The Hall–Kier alpha value is 0.0218. The lowest BCUT2D eigenvalue weighted by atomic mass is 9.35. The van der Waals surface area contributed by atoms with Crippen LogP contribution in [0.1, 0.15) is 45.4 Å². The van der Waals surface area contributed by atoms with Crippen LogP contribution in [-0.4, -0.2) is 14.8 Å². The Morgan fingerprint density at radius 2 is 1.67 bits per heavy atom. The summed E-state index contributed by atoms with van der Waals surface area (Å²) in [4.78, 5) is 0. The van der Waals surface area contributed by atoms with Crippen molar-refractivity contribution in [2.75, 3.05) is 0 Å². The molecule has 18 heavy (non-hydrogen) atoms. The normalized spacial score (nSPS) is 33.8. The van der Waals surface area contributed by atoms with E-state index in [1.54, 1.807) is 0 Å². The number of hydrogen-bond donors (Lipinski definition) is 0. The Bertz CT molecular complexity index is 282. The zero-order valence-electron chi connectivity index (χ0n) is 12.9. The third-order valence-corrected chi connectivity index (χ3v) is 8.42. The van der Waals surface area contributed by atoms with E-state index in [9.17, 15) is 0 Å². The van der Waals surface area contributed by atoms with Gasteiger partial charge in [0.05, 0.1) is 0 Å². The second-order valence-corrected chi connectivity index (χ2v) is 13.1. The summed E-state index contributed by atoms with van der Waals surface area (Å²) in [6.07, 6.45) is 15.3. The van der Waals surface area contributed by atoms with E-state index in [0.29, 0.717) is 0 Å². The van der Waals surface area contributed by atoms with E-state index in [4.69, 9.17) is 0 Å². The molecule has 2 heterocycles. The fourth-order valence-corrected chi connectivity index (χ4v) is 8.43. The predicted molar refractivity (Wildman–Crippen MR) is 87.4 cm³/mol. The minimum absolute atomic E-state index is 1.02. The lowest BCUT2D eigenvalue weighted by Crippen LogP contribution is -2.43. The van der Waals surface area contributed by atoms with Crippen LogP contribution < -0.4 is 0 Å². The standard InChI is InChI=1S/C16H31BSi/c1-5-6-13-17-15-11-7-9-14(10-8-12-15)16(17)18(2,3)4/h5-6,14-16H,7-13H2,1-4H3/b6-5+. The maximum atomic E-state index is 2.63. The van der Waals surface area contributed by atoms with E-state index in [1.807, 2.05) is 0 Å². The largest absolute Gasteiger partial charge is 0.147 e. The van der Waals surface area contributed by atoms with Crippen molar-refractivity contribution in [3.8, 4) is 0 Å². The lowest BCUT2D eigenvalue weighted by Gasteiger charge is -2.39. The van der Waals surface area contributed by atoms with Crippen LogP contribution in [0.25, 0.3) is 0 Å². The highest BCUT2D eigenvalue weighted by Gasteiger charge is 2.46. The first-order chi connectivity index (χ1) is 8.54. The van der Waals surface area contributed by atoms with E-state index in [1.165, 1.54) is 44.8 Å². The van der Waals surface area contributed by atoms with Crippen molar-refractivity contribution in [1.29, 1.82) is 0 Å². The highest BCUT2D eigenvalue weighted by molar-refractivity contribution is 6.90. The second kappa shape index (κ2) is 5.98. The Morgan fingerprint density at radius 1 is 1.06 bits per heavy atom. The van der Waals surface area contributed by atoms with Gasteiger partial charge >= 0.3 is 0 Å². The molecule has 0 aromatic rings. The van der Waals surface area contributed by atoms with Gasteiger partial charge in [-0.15, -0.1) is 0 Å². The molecule has 0 radical (unpaired) electrons. The fourth-order valence-electron chi connectivity index (χ4n) is 4.98. The lowest BCUT2D eigenvalue weighted by molar-refractivity contribution is 0.411. The molecule has 0 aliphatic carbocycles. The van der Waals surface area contributed by atoms with Crippen molar-refractivity contribution in [2.24, 2.45) is 5.92 Å². The number of fused-ring (bicyclic) bond motifs is 3. The van der Waals surface area contributed by atoms with Crippen molar-refractivity contribution in [1.82, 2.24) is 0 Å². The average molecular weight is 262 g/mol. The van der Waals surface area contributed by atoms with Crippen molar-refractivity contribution >= 4 is 14.8 Å². The molecule has 2 saturated heterocycles. The van der Waals surface area contributed by atoms with E-state index >= 15 is 0 Å². The molecule has 2 bridgehead atoms. The maximum absolute atomic E-state index is 2.63. The fraction of sp³-hybridized carbons (Fsp3) is 0.875. The van der Waals surface area contributed by atoms with Gasteiger partial charge in [0.25, 0.3) is 0 Å². The summed E-state index contributed by atoms with van der Waals surface area (Å²) < 4.78 is 0. The zero-order chi connectivity index (χ0) is 13.2. The van der Waals surface area contributed by atoms with Crippen molar-refractivity contribution < 1.29 is 0 Å². The van der Waals surface area contributed by atoms with Crippen LogP contribution in [0, 0.1) is 5.92 Å². The summed E-state index contributed by atoms with van der Waals surface area (Å²) in [7, 11) is -1.02. The molecule has 2 aliphatic rings. The van der Waals surface area contributed by atoms with Crippen LogP contribution in [0.2, 0.25) is 37.2 Å². The first-order valence-corrected chi connectivity index (χ1v) is 11.7. The molecule has 2 aliphatic heterocycles. The van der Waals surface area contributed by atoms with Crippen molar-refractivity contribution in [3.05, 3.63) is 12.2 Å². The van der Waals surface area contributed by atoms with Crippen LogP contribution in [0.5, 0.6) is 0 Å². The molecule has 0 saturated carbocycles. The molecule has 0 N–H and O–H groups in total. The highest BCUT2D eigenvalue weighted by atomic mass is 28.3. The summed E-state index contributed by atoms with van der Waals surface area (Å²) in [5.41, 5.74) is 1.09. The van der Waals surface area contributed by atoms with E-state index in [-0.39, 0.29) is 0 Å². The average Bonchev–Trinajstić information content (AvgIpc) is 2.52. The smallest absolute Gasteiger partial charge is 0.0960 e. The van der Waals surface area contributed by atoms with Gasteiger partial charge < -0.3 is 0 Å². The molecule has 1 unspecified atom stereocenters. The summed E-state index contributed by atoms with van der Waals surface area (Å²) in [5, 5.41) is 0. The maximum Gasteiger partial charge on any atom is 0.147 e. The molecular formula is C16H31BSi. The molecule has 0 amide bonds. The quantitative estimate of drug-likeness (QED) is 0.455. The van der Waals surface area contributed by atoms with Gasteiger partial charge in [0, 0.05) is 8.07 Å². The predicted octanol–water partition coefficient (Wildman–Crippen LogP) is 5.66. The van der Waals surface area contributed by atoms with E-state index in [0.717, 1.165) is 23.9 Å². The summed E-state index contributed by atoms with van der Waals surface area (Å²) in [5.74, 6) is 2.12. The molecule has 2 heteroatoms. The first kappa shape index (κ1) is 14.4. The van der Waals surface area contributed by atoms with Crippen LogP contribution in [-0.2, 0) is 0 Å². The van der Waals surface area contributed by atoms with Crippen LogP contribution >= 0.6 is 0 Å². The van der Waals surface area contributed by atoms with Crippen LogP contribution in [0.4, 0.5) is 0 Å². The number of allylic oxidation sites excluding steroid dienone is 2. The topological polar surface area (TPSA) is 0 Å². The summed E-state index contributed by atoms with van der Waals surface area (Å²) >= 11 is 0. The van der Waals surface area contributed by atoms with Gasteiger partial charge in [0.15, 0.2) is 0 Å². The van der Waals surface area contributed by atoms with Crippen molar-refractivity contribution in [2.45, 2.75) is 82.7 Å². The van der Waals surface area contributed by atoms with Crippen molar-refractivity contribution in [3.63, 3.8) is 0 Å². The molecular weight excluding hydrogens is 231 g/mol. The zero-order valence-corrected chi connectivity index (χ0v) is 13.9. The van der Waals surface area contributed by atoms with E-state index < -0.39 is 8.07 Å². The second-order valence-electron chi connectivity index (χ2n) is 7.74.